The predicted octanol–water partition coefficient (Wildman–Crippen LogP) is 4.26. The van der Waals surface area contributed by atoms with Crippen molar-refractivity contribution in [2.24, 2.45) is 5.41 Å². The standard InChI is InChI=1S/C30H35F2N4O7PS/c1-29(2,3)25(34-26(37)24-16-19-15-20(6-7-23(19)45-24)30(31,32)44(40,41)42)28(39)36-12-4-5-21(36)27(38)35-13-14-43-22(17-35)18-8-10-33-11-9-18/h6-11,15-16,21-22,25H,4-5,12-14,17H2,1-3H3,(H,34,37)(H2,40,41,42)/t21-,22?,25+/m0/s1. The molecular formula is C30H35F2N4O7PS. The summed E-state index contributed by atoms with van der Waals surface area (Å²) in [4.78, 5) is 66.8. The van der Waals surface area contributed by atoms with Gasteiger partial charge < -0.3 is 29.6 Å². The van der Waals surface area contributed by atoms with Crippen LogP contribution >= 0.6 is 18.9 Å². The molecule has 0 aliphatic carbocycles. The molecule has 2 fully saturated rings. The molecule has 1 aromatic carbocycles. The quantitative estimate of drug-likeness (QED) is 0.318. The smallest absolute Gasteiger partial charge is 0.370 e. The number of hydrogen-bond acceptors (Lipinski definition) is 7. The highest BCUT2D eigenvalue weighted by atomic mass is 32.1. The van der Waals surface area contributed by atoms with E-state index in [2.05, 4.69) is 10.3 Å². The summed E-state index contributed by atoms with van der Waals surface area (Å²) in [6, 6.07) is 6.47. The molecular weight excluding hydrogens is 629 g/mol. The summed E-state index contributed by atoms with van der Waals surface area (Å²) in [6.07, 6.45) is 4.14. The lowest BCUT2D eigenvalue weighted by Crippen LogP contribution is -2.58. The number of aromatic nitrogens is 1. The van der Waals surface area contributed by atoms with Crippen molar-refractivity contribution >= 4 is 46.7 Å². The van der Waals surface area contributed by atoms with Crippen LogP contribution < -0.4 is 5.32 Å². The van der Waals surface area contributed by atoms with Crippen molar-refractivity contribution < 1.29 is 42.3 Å². The van der Waals surface area contributed by atoms with E-state index in [-0.39, 0.29) is 22.3 Å². The molecule has 45 heavy (non-hydrogen) atoms. The number of nitrogens with one attached hydrogen (secondary N) is 1. The number of benzene rings is 1. The zero-order chi connectivity index (χ0) is 32.7. The van der Waals surface area contributed by atoms with Crippen LogP contribution in [0.3, 0.4) is 0 Å². The summed E-state index contributed by atoms with van der Waals surface area (Å²) in [6.45, 7) is 6.84. The molecule has 2 aliphatic rings. The predicted molar refractivity (Wildman–Crippen MR) is 163 cm³/mol. The average Bonchev–Trinajstić information content (AvgIpc) is 3.66. The van der Waals surface area contributed by atoms with Crippen LogP contribution in [-0.4, -0.2) is 80.6 Å². The van der Waals surface area contributed by atoms with E-state index in [1.54, 1.807) is 38.1 Å². The molecule has 11 nitrogen and oxygen atoms in total. The summed E-state index contributed by atoms with van der Waals surface area (Å²) in [5.74, 6) is -1.17. The Morgan fingerprint density at radius 3 is 2.49 bits per heavy atom. The molecule has 242 valence electrons. The van der Waals surface area contributed by atoms with Gasteiger partial charge in [0.2, 0.25) is 11.8 Å². The molecule has 2 aliphatic heterocycles. The number of hydrogen-bond donors (Lipinski definition) is 3. The highest BCUT2D eigenvalue weighted by Crippen LogP contribution is 2.59. The molecule has 3 amide bonds. The average molecular weight is 665 g/mol. The maximum Gasteiger partial charge on any atom is 0.399 e. The van der Waals surface area contributed by atoms with E-state index in [1.807, 2.05) is 12.1 Å². The fourth-order valence-electron chi connectivity index (χ4n) is 5.65. The number of nitrogens with zero attached hydrogens (tertiary/aromatic N) is 3. The van der Waals surface area contributed by atoms with Crippen molar-refractivity contribution in [3.63, 3.8) is 0 Å². The van der Waals surface area contributed by atoms with Gasteiger partial charge in [-0.2, -0.15) is 8.78 Å². The minimum absolute atomic E-state index is 0.133. The number of rotatable bonds is 7. The van der Waals surface area contributed by atoms with E-state index < -0.39 is 48.1 Å². The minimum Gasteiger partial charge on any atom is -0.370 e. The third-order valence-electron chi connectivity index (χ3n) is 8.12. The van der Waals surface area contributed by atoms with Gasteiger partial charge in [-0.25, -0.2) is 0 Å². The summed E-state index contributed by atoms with van der Waals surface area (Å²) in [7, 11) is -5.77. The summed E-state index contributed by atoms with van der Waals surface area (Å²) in [5, 5.41) is 3.01. The van der Waals surface area contributed by atoms with Gasteiger partial charge in [-0.1, -0.05) is 26.8 Å². The van der Waals surface area contributed by atoms with Crippen molar-refractivity contribution in [3.05, 3.63) is 64.8 Å². The van der Waals surface area contributed by atoms with Gasteiger partial charge in [0.25, 0.3) is 5.91 Å². The van der Waals surface area contributed by atoms with Crippen LogP contribution in [0.25, 0.3) is 10.1 Å². The lowest BCUT2D eigenvalue weighted by molar-refractivity contribution is -0.150. The van der Waals surface area contributed by atoms with Crippen LogP contribution in [0.2, 0.25) is 0 Å². The number of alkyl halides is 2. The van der Waals surface area contributed by atoms with Crippen LogP contribution in [0, 0.1) is 5.41 Å². The van der Waals surface area contributed by atoms with E-state index in [1.165, 1.54) is 17.0 Å². The first kappa shape index (κ1) is 33.1. The number of morpholine rings is 1. The maximum atomic E-state index is 14.3. The van der Waals surface area contributed by atoms with E-state index in [4.69, 9.17) is 14.5 Å². The highest BCUT2D eigenvalue weighted by molar-refractivity contribution is 7.52. The van der Waals surface area contributed by atoms with Gasteiger partial charge in [0.1, 0.15) is 18.2 Å². The van der Waals surface area contributed by atoms with E-state index in [0.717, 1.165) is 29.0 Å². The molecule has 1 unspecified atom stereocenters. The second-order valence-electron chi connectivity index (χ2n) is 12.3. The summed E-state index contributed by atoms with van der Waals surface area (Å²) >= 11 is 0.999. The number of halogens is 2. The van der Waals surface area contributed by atoms with Crippen LogP contribution in [0.1, 0.15) is 60.5 Å². The Kier molecular flexibility index (Phi) is 9.18. The molecule has 3 atom stereocenters. The second kappa shape index (κ2) is 12.5. The van der Waals surface area contributed by atoms with E-state index >= 15 is 0 Å². The Hall–Kier alpha value is -3.29. The molecule has 2 aromatic heterocycles. The van der Waals surface area contributed by atoms with Gasteiger partial charge >= 0.3 is 13.3 Å². The normalized spacial score (nSPS) is 20.3. The Bertz CT molecular complexity index is 1640. The van der Waals surface area contributed by atoms with Crippen molar-refractivity contribution in [2.45, 2.75) is 57.5 Å². The fourth-order valence-corrected chi connectivity index (χ4v) is 7.08. The van der Waals surface area contributed by atoms with Crippen LogP contribution in [0.15, 0.2) is 48.8 Å². The lowest BCUT2D eigenvalue weighted by Gasteiger charge is -2.38. The topological polar surface area (TPSA) is 149 Å². The number of ether oxygens (including phenoxy) is 1. The van der Waals surface area contributed by atoms with Crippen molar-refractivity contribution in [3.8, 4) is 0 Å². The highest BCUT2D eigenvalue weighted by Gasteiger charge is 2.50. The Labute approximate surface area is 262 Å². The molecule has 4 heterocycles. The molecule has 0 radical (unpaired) electrons. The minimum atomic E-state index is -5.77. The Balaban J connectivity index is 1.32. The largest absolute Gasteiger partial charge is 0.399 e. The SMILES string of the molecule is CC(C)(C)[C@H](NC(=O)c1cc2cc(C(F)(F)P(=O)(O)O)ccc2s1)C(=O)N1CCC[C@H]1C(=O)N1CCOC(c2ccncc2)C1. The first-order valence-corrected chi connectivity index (χ1v) is 16.9. The van der Waals surface area contributed by atoms with Crippen molar-refractivity contribution in [1.29, 1.82) is 0 Å². The van der Waals surface area contributed by atoms with Crippen molar-refractivity contribution in [1.82, 2.24) is 20.1 Å². The Morgan fingerprint density at radius 2 is 1.82 bits per heavy atom. The lowest BCUT2D eigenvalue weighted by atomic mass is 9.85. The fraction of sp³-hybridized carbons (Fsp3) is 0.467. The molecule has 0 saturated carbocycles. The first-order valence-electron chi connectivity index (χ1n) is 14.5. The van der Waals surface area contributed by atoms with Gasteiger partial charge in [-0.3, -0.25) is 23.9 Å². The number of carbonyl (C=O) groups excluding carboxylic acids is 3. The van der Waals surface area contributed by atoms with Gasteiger partial charge in [0, 0.05) is 35.7 Å². The van der Waals surface area contributed by atoms with Crippen LogP contribution in [0.4, 0.5) is 8.78 Å². The molecule has 3 N–H and O–H groups in total. The summed E-state index contributed by atoms with van der Waals surface area (Å²) in [5.41, 5.74) is -5.10. The number of amides is 3. The number of carbonyl (C=O) groups is 3. The molecule has 2 saturated heterocycles. The maximum absolute atomic E-state index is 14.3. The molecule has 0 bridgehead atoms. The van der Waals surface area contributed by atoms with Crippen LogP contribution in [-0.2, 0) is 24.6 Å². The summed E-state index contributed by atoms with van der Waals surface area (Å²) < 4.78 is 46.2. The van der Waals surface area contributed by atoms with Crippen molar-refractivity contribution in [2.75, 3.05) is 26.2 Å². The third-order valence-corrected chi connectivity index (χ3v) is 10.2. The van der Waals surface area contributed by atoms with E-state index in [9.17, 15) is 27.7 Å². The second-order valence-corrected chi connectivity index (χ2v) is 15.1. The van der Waals surface area contributed by atoms with Gasteiger partial charge in [0.15, 0.2) is 0 Å². The van der Waals surface area contributed by atoms with E-state index in [0.29, 0.717) is 43.8 Å². The molecule has 15 heteroatoms. The monoisotopic (exact) mass is 664 g/mol. The number of likely N-dealkylation sites (tertiary alicyclic amines) is 1. The number of fused-ring (bicyclic) bond motifs is 1. The first-order chi connectivity index (χ1) is 21.1. The Morgan fingerprint density at radius 1 is 1.11 bits per heavy atom. The number of thiophene rings is 1. The zero-order valence-electron chi connectivity index (χ0n) is 25.0. The van der Waals surface area contributed by atoms with Gasteiger partial charge in [-0.15, -0.1) is 11.3 Å². The zero-order valence-corrected chi connectivity index (χ0v) is 26.7. The van der Waals surface area contributed by atoms with Gasteiger partial charge in [0.05, 0.1) is 18.0 Å². The number of pyridine rings is 1. The third kappa shape index (κ3) is 6.80. The van der Waals surface area contributed by atoms with Gasteiger partial charge in [-0.05, 0) is 59.5 Å². The van der Waals surface area contributed by atoms with Crippen LogP contribution in [0.5, 0.6) is 0 Å². The molecule has 0 spiro atoms. The molecule has 5 rings (SSSR count). The molecule has 3 aromatic rings.